The molecule has 1 aromatic heterocycles. The molecule has 7 heteroatoms. The second-order valence-corrected chi connectivity index (χ2v) is 7.40. The minimum absolute atomic E-state index is 0.0771. The van der Waals surface area contributed by atoms with E-state index in [2.05, 4.69) is 39.9 Å². The minimum atomic E-state index is -0.0771. The first-order valence-electron chi connectivity index (χ1n) is 9.98. The summed E-state index contributed by atoms with van der Waals surface area (Å²) in [7, 11) is 0. The zero-order valence-corrected chi connectivity index (χ0v) is 17.4. The molecule has 3 aromatic carbocycles. The van der Waals surface area contributed by atoms with Crippen LogP contribution in [0.1, 0.15) is 22.3 Å². The molecule has 0 bridgehead atoms. The average molecular weight is 413 g/mol. The number of nitrogens with one attached hydrogen (secondary N) is 1. The average Bonchev–Trinajstić information content (AvgIpc) is 3.29. The van der Waals surface area contributed by atoms with Gasteiger partial charge in [-0.3, -0.25) is 4.79 Å². The van der Waals surface area contributed by atoms with Crippen LogP contribution in [0.2, 0.25) is 0 Å². The van der Waals surface area contributed by atoms with Crippen molar-refractivity contribution in [2.75, 3.05) is 5.32 Å². The molecule has 1 heterocycles. The third kappa shape index (κ3) is 5.33. The first kappa shape index (κ1) is 20.3. The second kappa shape index (κ2) is 9.21. The largest absolute Gasteiger partial charge is 0.489 e. The summed E-state index contributed by atoms with van der Waals surface area (Å²) in [6, 6.07) is 21.5. The number of ether oxygens (including phenoxy) is 1. The zero-order chi connectivity index (χ0) is 21.6. The third-order valence-corrected chi connectivity index (χ3v) is 4.87. The molecule has 0 aliphatic carbocycles. The number of hydrogen-bond donors (Lipinski definition) is 1. The van der Waals surface area contributed by atoms with Crippen molar-refractivity contribution in [3.8, 4) is 11.4 Å². The van der Waals surface area contributed by atoms with Crippen molar-refractivity contribution in [3.63, 3.8) is 0 Å². The van der Waals surface area contributed by atoms with Gasteiger partial charge in [0.2, 0.25) is 5.91 Å². The van der Waals surface area contributed by atoms with Crippen LogP contribution in [0.3, 0.4) is 0 Å². The van der Waals surface area contributed by atoms with E-state index in [-0.39, 0.29) is 12.3 Å². The number of rotatable bonds is 7. The maximum Gasteiger partial charge on any atom is 0.228 e. The summed E-state index contributed by atoms with van der Waals surface area (Å²) in [5.41, 5.74) is 5.81. The number of carbonyl (C=O) groups is 1. The van der Waals surface area contributed by atoms with Gasteiger partial charge in [-0.15, -0.1) is 5.10 Å². The molecule has 4 rings (SSSR count). The van der Waals surface area contributed by atoms with Gasteiger partial charge in [-0.1, -0.05) is 42.0 Å². The maximum atomic E-state index is 12.5. The Kier molecular flexibility index (Phi) is 6.03. The number of nitrogens with zero attached hydrogens (tertiary/aromatic N) is 4. The van der Waals surface area contributed by atoms with Crippen molar-refractivity contribution in [1.29, 1.82) is 0 Å². The number of amides is 1. The van der Waals surface area contributed by atoms with Crippen molar-refractivity contribution in [3.05, 3.63) is 95.3 Å². The summed E-state index contributed by atoms with van der Waals surface area (Å²) in [6.07, 6.45) is 1.81. The van der Waals surface area contributed by atoms with Crippen LogP contribution in [0.4, 0.5) is 5.69 Å². The Hall–Kier alpha value is -4.00. The Morgan fingerprint density at radius 3 is 2.55 bits per heavy atom. The van der Waals surface area contributed by atoms with E-state index < -0.39 is 0 Å². The Morgan fingerprint density at radius 2 is 1.84 bits per heavy atom. The van der Waals surface area contributed by atoms with Gasteiger partial charge in [0.15, 0.2) is 0 Å². The molecule has 0 atom stereocenters. The molecule has 156 valence electrons. The zero-order valence-electron chi connectivity index (χ0n) is 17.4. The van der Waals surface area contributed by atoms with E-state index in [0.717, 1.165) is 33.8 Å². The summed E-state index contributed by atoms with van der Waals surface area (Å²) in [5, 5.41) is 14.1. The van der Waals surface area contributed by atoms with Crippen LogP contribution < -0.4 is 10.1 Å². The molecule has 4 aromatic rings. The first-order chi connectivity index (χ1) is 15.1. The number of carbonyl (C=O) groups excluding carboxylic acids is 1. The van der Waals surface area contributed by atoms with Crippen LogP contribution in [0.5, 0.6) is 5.75 Å². The Morgan fingerprint density at radius 1 is 1.00 bits per heavy atom. The van der Waals surface area contributed by atoms with Gasteiger partial charge in [0, 0.05) is 5.69 Å². The predicted octanol–water partition coefficient (Wildman–Crippen LogP) is 4.04. The van der Waals surface area contributed by atoms with Gasteiger partial charge in [-0.2, -0.15) is 0 Å². The molecule has 0 spiro atoms. The normalized spacial score (nSPS) is 10.6. The molecule has 7 nitrogen and oxygen atoms in total. The van der Waals surface area contributed by atoms with Gasteiger partial charge in [0.25, 0.3) is 0 Å². The lowest BCUT2D eigenvalue weighted by molar-refractivity contribution is -0.115. The highest BCUT2D eigenvalue weighted by Gasteiger charge is 2.08. The van der Waals surface area contributed by atoms with Gasteiger partial charge in [-0.25, -0.2) is 4.68 Å². The fourth-order valence-electron chi connectivity index (χ4n) is 3.26. The molecule has 0 aliphatic heterocycles. The molecule has 1 N–H and O–H groups in total. The quantitative estimate of drug-likeness (QED) is 0.494. The highest BCUT2D eigenvalue weighted by Crippen LogP contribution is 2.22. The number of benzene rings is 3. The van der Waals surface area contributed by atoms with E-state index in [1.54, 1.807) is 4.68 Å². The fourth-order valence-corrected chi connectivity index (χ4v) is 3.26. The topological polar surface area (TPSA) is 81.9 Å². The summed E-state index contributed by atoms with van der Waals surface area (Å²) in [6.45, 7) is 4.53. The Bertz CT molecular complexity index is 1170. The lowest BCUT2D eigenvalue weighted by Crippen LogP contribution is -2.15. The summed E-state index contributed by atoms with van der Waals surface area (Å²) in [4.78, 5) is 12.5. The van der Waals surface area contributed by atoms with Crippen LogP contribution in [-0.4, -0.2) is 26.1 Å². The predicted molar refractivity (Wildman–Crippen MR) is 118 cm³/mol. The van der Waals surface area contributed by atoms with Gasteiger partial charge in [-0.05, 0) is 71.3 Å². The molecule has 0 saturated carbocycles. The maximum absolute atomic E-state index is 12.5. The van der Waals surface area contributed by atoms with E-state index in [4.69, 9.17) is 4.74 Å². The molecule has 1 amide bonds. The van der Waals surface area contributed by atoms with Crippen LogP contribution >= 0.6 is 0 Å². The smallest absolute Gasteiger partial charge is 0.228 e. The van der Waals surface area contributed by atoms with Crippen molar-refractivity contribution in [2.24, 2.45) is 0 Å². The fraction of sp³-hybridized carbons (Fsp3) is 0.167. The summed E-state index contributed by atoms with van der Waals surface area (Å²) in [5.74, 6) is 0.696. The number of anilines is 1. The number of aryl methyl sites for hydroxylation is 2. The van der Waals surface area contributed by atoms with Crippen LogP contribution in [0.15, 0.2) is 73.1 Å². The summed E-state index contributed by atoms with van der Waals surface area (Å²) >= 11 is 0. The molecule has 0 saturated heterocycles. The van der Waals surface area contributed by atoms with Crippen molar-refractivity contribution in [2.45, 2.75) is 26.9 Å². The molecule has 31 heavy (non-hydrogen) atoms. The molecule has 0 aliphatic rings. The standard InChI is InChI=1S/C24H23N5O2/c1-17-4-3-5-20(12-17)15-31-22-10-11-23(18(2)13-22)26-24(30)14-19-6-8-21(9-7-19)29-16-25-27-28-29/h3-13,16H,14-15H2,1-2H3,(H,26,30). The first-order valence-corrected chi connectivity index (χ1v) is 9.98. The SMILES string of the molecule is Cc1cccc(COc2ccc(NC(=O)Cc3ccc(-n4cnnn4)cc3)c(C)c2)c1. The van der Waals surface area contributed by atoms with E-state index >= 15 is 0 Å². The van der Waals surface area contributed by atoms with E-state index in [9.17, 15) is 4.79 Å². The minimum Gasteiger partial charge on any atom is -0.489 e. The molecular formula is C24H23N5O2. The van der Waals surface area contributed by atoms with Gasteiger partial charge in [0.05, 0.1) is 12.1 Å². The van der Waals surface area contributed by atoms with Crippen LogP contribution in [-0.2, 0) is 17.8 Å². The highest BCUT2D eigenvalue weighted by molar-refractivity contribution is 5.93. The van der Waals surface area contributed by atoms with Gasteiger partial charge >= 0.3 is 0 Å². The van der Waals surface area contributed by atoms with Crippen LogP contribution in [0.25, 0.3) is 5.69 Å². The van der Waals surface area contributed by atoms with Gasteiger partial charge < -0.3 is 10.1 Å². The van der Waals surface area contributed by atoms with Crippen molar-refractivity contribution in [1.82, 2.24) is 20.2 Å². The molecule has 0 radical (unpaired) electrons. The molecule has 0 unspecified atom stereocenters. The van der Waals surface area contributed by atoms with E-state index in [0.29, 0.717) is 6.61 Å². The second-order valence-electron chi connectivity index (χ2n) is 7.40. The molecular weight excluding hydrogens is 390 g/mol. The Labute approximate surface area is 180 Å². The lowest BCUT2D eigenvalue weighted by Gasteiger charge is -2.12. The molecule has 0 fully saturated rings. The van der Waals surface area contributed by atoms with Crippen molar-refractivity contribution >= 4 is 11.6 Å². The van der Waals surface area contributed by atoms with Crippen LogP contribution in [0, 0.1) is 13.8 Å². The Balaban J connectivity index is 1.33. The third-order valence-electron chi connectivity index (χ3n) is 4.87. The summed E-state index contributed by atoms with van der Waals surface area (Å²) < 4.78 is 7.46. The lowest BCUT2D eigenvalue weighted by atomic mass is 10.1. The number of hydrogen-bond acceptors (Lipinski definition) is 5. The number of tetrazole rings is 1. The van der Waals surface area contributed by atoms with E-state index in [1.165, 1.54) is 11.9 Å². The highest BCUT2D eigenvalue weighted by atomic mass is 16.5. The van der Waals surface area contributed by atoms with Gasteiger partial charge in [0.1, 0.15) is 18.7 Å². The van der Waals surface area contributed by atoms with Crippen molar-refractivity contribution < 1.29 is 9.53 Å². The van der Waals surface area contributed by atoms with E-state index in [1.807, 2.05) is 61.5 Å². The monoisotopic (exact) mass is 413 g/mol. The number of aromatic nitrogens is 4.